The van der Waals surface area contributed by atoms with Crippen molar-refractivity contribution in [1.29, 1.82) is 0 Å². The Morgan fingerprint density at radius 1 is 1.37 bits per heavy atom. The van der Waals surface area contributed by atoms with Crippen LogP contribution in [-0.2, 0) is 4.79 Å². The summed E-state index contributed by atoms with van der Waals surface area (Å²) in [5.41, 5.74) is 1.20. The molecule has 2 unspecified atom stereocenters. The van der Waals surface area contributed by atoms with Gasteiger partial charge in [0.15, 0.2) is 5.96 Å². The van der Waals surface area contributed by atoms with Gasteiger partial charge in [-0.1, -0.05) is 30.7 Å². The summed E-state index contributed by atoms with van der Waals surface area (Å²) in [5.74, 6) is 0.981. The number of carbonyl (C=O) groups excluding carboxylic acids is 1. The summed E-state index contributed by atoms with van der Waals surface area (Å²) >= 11 is 6.00. The van der Waals surface area contributed by atoms with Gasteiger partial charge < -0.3 is 20.4 Å². The number of likely N-dealkylation sites (tertiary alicyclic amines) is 1. The lowest BCUT2D eigenvalue weighted by molar-refractivity contribution is -0.129. The maximum Gasteiger partial charge on any atom is 0.222 e. The van der Waals surface area contributed by atoms with E-state index in [2.05, 4.69) is 46.8 Å². The van der Waals surface area contributed by atoms with Gasteiger partial charge in [-0.3, -0.25) is 9.79 Å². The lowest BCUT2D eigenvalue weighted by atomic mass is 10.1. The molecule has 0 aromatic heterocycles. The van der Waals surface area contributed by atoms with Crippen molar-refractivity contribution in [2.24, 2.45) is 4.99 Å². The van der Waals surface area contributed by atoms with Crippen molar-refractivity contribution in [3.8, 4) is 0 Å². The molecule has 1 fully saturated rings. The Morgan fingerprint density at radius 2 is 2.04 bits per heavy atom. The van der Waals surface area contributed by atoms with Crippen LogP contribution < -0.4 is 10.6 Å². The van der Waals surface area contributed by atoms with Crippen molar-refractivity contribution in [2.45, 2.75) is 31.8 Å². The van der Waals surface area contributed by atoms with Gasteiger partial charge in [-0.05, 0) is 38.2 Å². The first-order valence-corrected chi connectivity index (χ1v) is 9.49. The van der Waals surface area contributed by atoms with Gasteiger partial charge in [0.2, 0.25) is 5.91 Å². The summed E-state index contributed by atoms with van der Waals surface area (Å²) in [5, 5.41) is 7.58. The Labute approximate surface area is 184 Å². The standard InChI is InChI=1S/C19H30ClN5O.HI/c1-5-18(26)25-11-10-16(13-25)23-19(21-2)22-12-17(24(3)4)14-6-8-15(20)9-7-14;/h6-9,16-17H,5,10-13H2,1-4H3,(H2,21,22,23);1H. The van der Waals surface area contributed by atoms with Crippen molar-refractivity contribution in [3.05, 3.63) is 34.9 Å². The highest BCUT2D eigenvalue weighted by Crippen LogP contribution is 2.19. The van der Waals surface area contributed by atoms with Crippen LogP contribution >= 0.6 is 35.6 Å². The second kappa shape index (κ2) is 11.7. The van der Waals surface area contributed by atoms with Crippen LogP contribution in [0.25, 0.3) is 0 Å². The fourth-order valence-electron chi connectivity index (χ4n) is 3.19. The molecule has 27 heavy (non-hydrogen) atoms. The molecule has 1 amide bonds. The minimum Gasteiger partial charge on any atom is -0.354 e. The van der Waals surface area contributed by atoms with Crippen LogP contribution in [0.3, 0.4) is 0 Å². The van der Waals surface area contributed by atoms with Crippen molar-refractivity contribution in [2.75, 3.05) is 40.8 Å². The summed E-state index contributed by atoms with van der Waals surface area (Å²) < 4.78 is 0. The number of carbonyl (C=O) groups is 1. The van der Waals surface area contributed by atoms with Gasteiger partial charge in [0, 0.05) is 44.2 Å². The third-order valence-corrected chi connectivity index (χ3v) is 5.00. The Hall–Kier alpha value is -1.06. The molecule has 6 nitrogen and oxygen atoms in total. The molecule has 2 N–H and O–H groups in total. The average molecular weight is 508 g/mol. The van der Waals surface area contributed by atoms with E-state index in [1.807, 2.05) is 24.0 Å². The highest BCUT2D eigenvalue weighted by atomic mass is 127. The average Bonchev–Trinajstić information content (AvgIpc) is 3.10. The van der Waals surface area contributed by atoms with E-state index in [0.29, 0.717) is 6.42 Å². The third-order valence-electron chi connectivity index (χ3n) is 4.75. The second-order valence-electron chi connectivity index (χ2n) is 6.81. The first kappa shape index (κ1) is 24.0. The van der Waals surface area contributed by atoms with Crippen molar-refractivity contribution < 1.29 is 4.79 Å². The van der Waals surface area contributed by atoms with Gasteiger partial charge in [0.25, 0.3) is 0 Å². The van der Waals surface area contributed by atoms with Crippen LogP contribution in [0.5, 0.6) is 0 Å². The Kier molecular flexibility index (Phi) is 10.4. The molecule has 152 valence electrons. The summed E-state index contributed by atoms with van der Waals surface area (Å²) in [4.78, 5) is 20.2. The number of rotatable bonds is 6. The van der Waals surface area contributed by atoms with Crippen molar-refractivity contribution >= 4 is 47.4 Å². The van der Waals surface area contributed by atoms with Crippen molar-refractivity contribution in [1.82, 2.24) is 20.4 Å². The molecule has 2 atom stereocenters. The topological polar surface area (TPSA) is 60.0 Å². The normalized spacial score (nSPS) is 18.2. The minimum atomic E-state index is 0. The van der Waals surface area contributed by atoms with Gasteiger partial charge in [-0.2, -0.15) is 0 Å². The zero-order chi connectivity index (χ0) is 19.1. The first-order chi connectivity index (χ1) is 12.4. The van der Waals surface area contributed by atoms with E-state index in [-0.39, 0.29) is 42.0 Å². The van der Waals surface area contributed by atoms with E-state index in [0.717, 1.165) is 37.0 Å². The number of benzene rings is 1. The molecule has 2 rings (SSSR count). The Morgan fingerprint density at radius 3 is 2.59 bits per heavy atom. The summed E-state index contributed by atoms with van der Waals surface area (Å²) in [6.45, 7) is 4.18. The molecule has 0 saturated carbocycles. The fourth-order valence-corrected chi connectivity index (χ4v) is 3.32. The molecular weight excluding hydrogens is 477 g/mol. The van der Waals surface area contributed by atoms with Crippen LogP contribution in [0.1, 0.15) is 31.4 Å². The van der Waals surface area contributed by atoms with Crippen LogP contribution in [0, 0.1) is 0 Å². The molecule has 0 aliphatic carbocycles. The van der Waals surface area contributed by atoms with Crippen LogP contribution in [-0.4, -0.2) is 68.5 Å². The predicted molar refractivity (Wildman–Crippen MR) is 123 cm³/mol. The Bertz CT molecular complexity index is 623. The Balaban J connectivity index is 0.00000364. The molecule has 1 aliphatic rings. The number of amides is 1. The maximum absolute atomic E-state index is 11.8. The number of hydrogen-bond donors (Lipinski definition) is 2. The van der Waals surface area contributed by atoms with E-state index < -0.39 is 0 Å². The van der Waals surface area contributed by atoms with E-state index in [1.165, 1.54) is 5.56 Å². The summed E-state index contributed by atoms with van der Waals surface area (Å²) in [7, 11) is 5.89. The third kappa shape index (κ3) is 7.12. The smallest absolute Gasteiger partial charge is 0.222 e. The number of likely N-dealkylation sites (N-methyl/N-ethyl adjacent to an activating group) is 1. The monoisotopic (exact) mass is 507 g/mol. The van der Waals surface area contributed by atoms with E-state index in [9.17, 15) is 4.79 Å². The molecule has 0 spiro atoms. The molecule has 1 aromatic carbocycles. The van der Waals surface area contributed by atoms with E-state index in [4.69, 9.17) is 11.6 Å². The molecule has 0 bridgehead atoms. The van der Waals surface area contributed by atoms with Gasteiger partial charge in [-0.15, -0.1) is 24.0 Å². The number of hydrogen-bond acceptors (Lipinski definition) is 3. The lowest BCUT2D eigenvalue weighted by Gasteiger charge is -2.27. The number of nitrogens with one attached hydrogen (secondary N) is 2. The quantitative estimate of drug-likeness (QED) is 0.353. The highest BCUT2D eigenvalue weighted by molar-refractivity contribution is 14.0. The highest BCUT2D eigenvalue weighted by Gasteiger charge is 2.26. The van der Waals surface area contributed by atoms with Crippen LogP contribution in [0.15, 0.2) is 29.3 Å². The minimum absolute atomic E-state index is 0. The molecule has 1 aliphatic heterocycles. The zero-order valence-corrected chi connectivity index (χ0v) is 19.6. The fraction of sp³-hybridized carbons (Fsp3) is 0.579. The van der Waals surface area contributed by atoms with Crippen molar-refractivity contribution in [3.63, 3.8) is 0 Å². The van der Waals surface area contributed by atoms with E-state index >= 15 is 0 Å². The molecule has 0 radical (unpaired) electrons. The molecule has 1 aromatic rings. The summed E-state index contributed by atoms with van der Waals surface area (Å²) in [6.07, 6.45) is 1.51. The number of halogens is 2. The second-order valence-corrected chi connectivity index (χ2v) is 7.24. The maximum atomic E-state index is 11.8. The van der Waals surface area contributed by atoms with Gasteiger partial charge in [0.1, 0.15) is 0 Å². The largest absolute Gasteiger partial charge is 0.354 e. The SMILES string of the molecule is CCC(=O)N1CCC(NC(=NC)NCC(c2ccc(Cl)cc2)N(C)C)C1.I. The zero-order valence-electron chi connectivity index (χ0n) is 16.5. The van der Waals surface area contributed by atoms with Crippen LogP contribution in [0.4, 0.5) is 0 Å². The number of aliphatic imine (C=N–C) groups is 1. The first-order valence-electron chi connectivity index (χ1n) is 9.11. The van der Waals surface area contributed by atoms with Crippen LogP contribution in [0.2, 0.25) is 5.02 Å². The molecule has 1 heterocycles. The number of guanidine groups is 1. The van der Waals surface area contributed by atoms with E-state index in [1.54, 1.807) is 7.05 Å². The van der Waals surface area contributed by atoms with Gasteiger partial charge in [0.05, 0.1) is 6.04 Å². The lowest BCUT2D eigenvalue weighted by Crippen LogP contribution is -2.47. The predicted octanol–water partition coefficient (Wildman–Crippen LogP) is 2.74. The van der Waals surface area contributed by atoms with Gasteiger partial charge in [-0.25, -0.2) is 0 Å². The molecule has 1 saturated heterocycles. The van der Waals surface area contributed by atoms with Gasteiger partial charge >= 0.3 is 0 Å². The summed E-state index contributed by atoms with van der Waals surface area (Å²) in [6, 6.07) is 8.38. The number of nitrogens with zero attached hydrogens (tertiary/aromatic N) is 3. The molecular formula is C19H31ClIN5O. The molecule has 8 heteroatoms.